The molecule has 1 atom stereocenters. The molecule has 1 aliphatic rings. The molecule has 1 aromatic rings. The molecule has 1 aliphatic carbocycles. The molecule has 0 bridgehead atoms. The second-order valence-corrected chi connectivity index (χ2v) is 6.65. The zero-order valence-electron chi connectivity index (χ0n) is 12.4. The lowest BCUT2D eigenvalue weighted by Gasteiger charge is -2.27. The Morgan fingerprint density at radius 2 is 1.95 bits per heavy atom. The SMILES string of the molecule is CNC(=O)C(C)(C)CNC(c1ccc(Cl)cc1)C1CC1. The number of carbonyl (C=O) groups excluding carboxylic acids is 1. The third-order valence-electron chi connectivity index (χ3n) is 3.93. The number of benzene rings is 1. The third-order valence-corrected chi connectivity index (χ3v) is 4.18. The molecule has 0 aliphatic heterocycles. The van der Waals surface area contributed by atoms with E-state index in [4.69, 9.17) is 11.6 Å². The van der Waals surface area contributed by atoms with Gasteiger partial charge in [0.1, 0.15) is 0 Å². The van der Waals surface area contributed by atoms with E-state index in [2.05, 4.69) is 22.8 Å². The van der Waals surface area contributed by atoms with Crippen LogP contribution >= 0.6 is 11.6 Å². The van der Waals surface area contributed by atoms with E-state index in [1.165, 1.54) is 18.4 Å². The van der Waals surface area contributed by atoms with E-state index < -0.39 is 5.41 Å². The molecular weight excluding hydrogens is 272 g/mol. The lowest BCUT2D eigenvalue weighted by atomic mass is 9.91. The average molecular weight is 295 g/mol. The van der Waals surface area contributed by atoms with Crippen LogP contribution in [-0.2, 0) is 4.79 Å². The Morgan fingerprint density at radius 3 is 2.45 bits per heavy atom. The van der Waals surface area contributed by atoms with Gasteiger partial charge in [0.05, 0.1) is 5.41 Å². The number of rotatable bonds is 6. The minimum atomic E-state index is -0.408. The van der Waals surface area contributed by atoms with Gasteiger partial charge in [0.15, 0.2) is 0 Å². The lowest BCUT2D eigenvalue weighted by Crippen LogP contribution is -2.43. The largest absolute Gasteiger partial charge is 0.359 e. The van der Waals surface area contributed by atoms with Crippen molar-refractivity contribution in [2.75, 3.05) is 13.6 Å². The van der Waals surface area contributed by atoms with Crippen molar-refractivity contribution >= 4 is 17.5 Å². The topological polar surface area (TPSA) is 41.1 Å². The number of nitrogens with one attached hydrogen (secondary N) is 2. The Kier molecular flexibility index (Phi) is 4.71. The number of halogens is 1. The van der Waals surface area contributed by atoms with Crippen LogP contribution in [0.2, 0.25) is 5.02 Å². The molecule has 2 rings (SSSR count). The zero-order valence-corrected chi connectivity index (χ0v) is 13.1. The fourth-order valence-corrected chi connectivity index (χ4v) is 2.57. The van der Waals surface area contributed by atoms with Gasteiger partial charge in [-0.15, -0.1) is 0 Å². The van der Waals surface area contributed by atoms with Crippen LogP contribution in [0.5, 0.6) is 0 Å². The molecule has 4 heteroatoms. The minimum absolute atomic E-state index is 0.0654. The van der Waals surface area contributed by atoms with Gasteiger partial charge in [-0.3, -0.25) is 4.79 Å². The standard InChI is InChI=1S/C16H23ClN2O/c1-16(2,15(20)18-3)10-19-14(11-4-5-11)12-6-8-13(17)9-7-12/h6-9,11,14,19H,4-5,10H2,1-3H3,(H,18,20). The first kappa shape index (κ1) is 15.3. The molecule has 1 amide bonds. The fraction of sp³-hybridized carbons (Fsp3) is 0.562. The van der Waals surface area contributed by atoms with Crippen molar-refractivity contribution in [3.8, 4) is 0 Å². The van der Waals surface area contributed by atoms with Crippen LogP contribution in [0.4, 0.5) is 0 Å². The highest BCUT2D eigenvalue weighted by Gasteiger charge is 2.34. The van der Waals surface area contributed by atoms with Gasteiger partial charge in [-0.1, -0.05) is 23.7 Å². The highest BCUT2D eigenvalue weighted by atomic mass is 35.5. The van der Waals surface area contributed by atoms with Crippen LogP contribution < -0.4 is 10.6 Å². The molecular formula is C16H23ClN2O. The minimum Gasteiger partial charge on any atom is -0.359 e. The van der Waals surface area contributed by atoms with Gasteiger partial charge >= 0.3 is 0 Å². The van der Waals surface area contributed by atoms with Gasteiger partial charge in [-0.2, -0.15) is 0 Å². The van der Waals surface area contributed by atoms with Crippen LogP contribution in [0.3, 0.4) is 0 Å². The summed E-state index contributed by atoms with van der Waals surface area (Å²) < 4.78 is 0. The number of amides is 1. The maximum atomic E-state index is 11.8. The van der Waals surface area contributed by atoms with E-state index in [0.717, 1.165) is 5.02 Å². The second kappa shape index (κ2) is 6.15. The Bertz CT molecular complexity index is 466. The molecule has 110 valence electrons. The van der Waals surface area contributed by atoms with Crippen molar-refractivity contribution in [2.45, 2.75) is 32.7 Å². The first-order chi connectivity index (χ1) is 9.44. The molecule has 20 heavy (non-hydrogen) atoms. The van der Waals surface area contributed by atoms with Gasteiger partial charge in [0, 0.05) is 24.7 Å². The maximum absolute atomic E-state index is 11.8. The van der Waals surface area contributed by atoms with E-state index in [1.54, 1.807) is 7.05 Å². The van der Waals surface area contributed by atoms with E-state index in [1.807, 2.05) is 26.0 Å². The van der Waals surface area contributed by atoms with E-state index >= 15 is 0 Å². The van der Waals surface area contributed by atoms with Crippen molar-refractivity contribution in [3.63, 3.8) is 0 Å². The summed E-state index contributed by atoms with van der Waals surface area (Å²) in [6.45, 7) is 4.59. The monoisotopic (exact) mass is 294 g/mol. The molecule has 1 unspecified atom stereocenters. The van der Waals surface area contributed by atoms with Crippen LogP contribution in [0.15, 0.2) is 24.3 Å². The quantitative estimate of drug-likeness (QED) is 0.846. The molecule has 2 N–H and O–H groups in total. The highest BCUT2D eigenvalue weighted by Crippen LogP contribution is 2.41. The van der Waals surface area contributed by atoms with Crippen molar-refractivity contribution in [3.05, 3.63) is 34.9 Å². The van der Waals surface area contributed by atoms with Crippen molar-refractivity contribution in [1.29, 1.82) is 0 Å². The summed E-state index contributed by atoms with van der Waals surface area (Å²) in [6, 6.07) is 8.32. The van der Waals surface area contributed by atoms with Gasteiger partial charge in [-0.05, 0) is 50.3 Å². The van der Waals surface area contributed by atoms with Crippen molar-refractivity contribution < 1.29 is 4.79 Å². The molecule has 0 spiro atoms. The first-order valence-corrected chi connectivity index (χ1v) is 7.53. The summed E-state index contributed by atoms with van der Waals surface area (Å²) in [7, 11) is 1.68. The smallest absolute Gasteiger partial charge is 0.226 e. The van der Waals surface area contributed by atoms with Crippen molar-refractivity contribution in [1.82, 2.24) is 10.6 Å². The van der Waals surface area contributed by atoms with Gasteiger partial charge in [0.2, 0.25) is 5.91 Å². The van der Waals surface area contributed by atoms with Crippen LogP contribution in [-0.4, -0.2) is 19.5 Å². The van der Waals surface area contributed by atoms with Gasteiger partial charge in [0.25, 0.3) is 0 Å². The van der Waals surface area contributed by atoms with Crippen molar-refractivity contribution in [2.24, 2.45) is 11.3 Å². The Labute approximate surface area is 126 Å². The Balaban J connectivity index is 2.03. The Hall–Kier alpha value is -1.06. The Morgan fingerprint density at radius 1 is 1.35 bits per heavy atom. The molecule has 1 aromatic carbocycles. The number of hydrogen-bond acceptors (Lipinski definition) is 2. The van der Waals surface area contributed by atoms with Gasteiger partial charge in [-0.25, -0.2) is 0 Å². The molecule has 0 aromatic heterocycles. The number of hydrogen-bond donors (Lipinski definition) is 2. The molecule has 3 nitrogen and oxygen atoms in total. The lowest BCUT2D eigenvalue weighted by molar-refractivity contribution is -0.128. The van der Waals surface area contributed by atoms with E-state index in [9.17, 15) is 4.79 Å². The third kappa shape index (κ3) is 3.74. The summed E-state index contributed by atoms with van der Waals surface area (Å²) in [6.07, 6.45) is 2.50. The first-order valence-electron chi connectivity index (χ1n) is 7.15. The van der Waals surface area contributed by atoms with Crippen LogP contribution in [0, 0.1) is 11.3 Å². The molecule has 0 saturated heterocycles. The van der Waals surface area contributed by atoms with E-state index in [-0.39, 0.29) is 5.91 Å². The van der Waals surface area contributed by atoms with Crippen LogP contribution in [0.1, 0.15) is 38.3 Å². The zero-order chi connectivity index (χ0) is 14.8. The second-order valence-electron chi connectivity index (χ2n) is 6.21. The molecule has 1 fully saturated rings. The summed E-state index contributed by atoms with van der Waals surface area (Å²) in [4.78, 5) is 11.8. The summed E-state index contributed by atoms with van der Waals surface area (Å²) >= 11 is 5.95. The molecule has 1 saturated carbocycles. The maximum Gasteiger partial charge on any atom is 0.226 e. The average Bonchev–Trinajstić information content (AvgIpc) is 3.24. The predicted molar refractivity (Wildman–Crippen MR) is 82.8 cm³/mol. The normalized spacial score (nSPS) is 16.8. The summed E-state index contributed by atoms with van der Waals surface area (Å²) in [5, 5.41) is 7.05. The number of carbonyl (C=O) groups is 1. The summed E-state index contributed by atoms with van der Waals surface area (Å²) in [5.74, 6) is 0.743. The van der Waals surface area contributed by atoms with Crippen LogP contribution in [0.25, 0.3) is 0 Å². The fourth-order valence-electron chi connectivity index (χ4n) is 2.44. The molecule has 0 heterocycles. The summed E-state index contributed by atoms with van der Waals surface area (Å²) in [5.41, 5.74) is 0.846. The molecule has 0 radical (unpaired) electrons. The highest BCUT2D eigenvalue weighted by molar-refractivity contribution is 6.30. The van der Waals surface area contributed by atoms with Gasteiger partial charge < -0.3 is 10.6 Å². The predicted octanol–water partition coefficient (Wildman–Crippen LogP) is 3.15. The van der Waals surface area contributed by atoms with E-state index in [0.29, 0.717) is 18.5 Å².